The van der Waals surface area contributed by atoms with Crippen LogP contribution in [0, 0.1) is 0 Å². The number of carbonyl (C=O) groups excluding carboxylic acids is 2. The molecule has 4 N–H and O–H groups in total. The van der Waals surface area contributed by atoms with Crippen LogP contribution in [0.15, 0.2) is 18.2 Å². The molecule has 0 unspecified atom stereocenters. The second-order valence-electron chi connectivity index (χ2n) is 6.10. The lowest BCUT2D eigenvalue weighted by Gasteiger charge is -2.20. The van der Waals surface area contributed by atoms with Gasteiger partial charge in [0.2, 0.25) is 0 Å². The van der Waals surface area contributed by atoms with Crippen LogP contribution >= 0.6 is 0 Å². The SMILES string of the molecule is CCCNC(=O)COc1cc(C(=O)NC(C)(C)C)ccc1N. The number of nitrogens with one attached hydrogen (secondary N) is 2. The molecule has 0 saturated carbocycles. The van der Waals surface area contributed by atoms with Crippen molar-refractivity contribution < 1.29 is 14.3 Å². The predicted molar refractivity (Wildman–Crippen MR) is 86.9 cm³/mol. The lowest BCUT2D eigenvalue weighted by atomic mass is 10.1. The zero-order valence-electron chi connectivity index (χ0n) is 13.7. The van der Waals surface area contributed by atoms with Crippen LogP contribution in [-0.4, -0.2) is 30.5 Å². The summed E-state index contributed by atoms with van der Waals surface area (Å²) in [5.74, 6) is -0.105. The summed E-state index contributed by atoms with van der Waals surface area (Å²) in [5, 5.41) is 5.57. The first-order chi connectivity index (χ1) is 10.2. The first kappa shape index (κ1) is 17.8. The molecule has 6 nitrogen and oxygen atoms in total. The summed E-state index contributed by atoms with van der Waals surface area (Å²) in [6.07, 6.45) is 0.857. The van der Waals surface area contributed by atoms with Crippen molar-refractivity contribution >= 4 is 17.5 Å². The van der Waals surface area contributed by atoms with Gasteiger partial charge < -0.3 is 21.1 Å². The molecule has 0 aliphatic heterocycles. The lowest BCUT2D eigenvalue weighted by molar-refractivity contribution is -0.123. The Morgan fingerprint density at radius 2 is 1.95 bits per heavy atom. The average Bonchev–Trinajstić information content (AvgIpc) is 2.42. The van der Waals surface area contributed by atoms with Crippen molar-refractivity contribution in [3.8, 4) is 5.75 Å². The number of nitrogen functional groups attached to an aromatic ring is 1. The maximum absolute atomic E-state index is 12.1. The summed E-state index contributed by atoms with van der Waals surface area (Å²) in [6.45, 7) is 8.14. The Hall–Kier alpha value is -2.24. The van der Waals surface area contributed by atoms with Gasteiger partial charge >= 0.3 is 0 Å². The summed E-state index contributed by atoms with van der Waals surface area (Å²) in [7, 11) is 0. The quantitative estimate of drug-likeness (QED) is 0.697. The highest BCUT2D eigenvalue weighted by Gasteiger charge is 2.16. The highest BCUT2D eigenvalue weighted by atomic mass is 16.5. The lowest BCUT2D eigenvalue weighted by Crippen LogP contribution is -2.40. The van der Waals surface area contributed by atoms with Crippen LogP contribution in [-0.2, 0) is 4.79 Å². The number of rotatable bonds is 6. The third-order valence-corrected chi connectivity index (χ3v) is 2.70. The fourth-order valence-corrected chi connectivity index (χ4v) is 1.67. The number of anilines is 1. The van der Waals surface area contributed by atoms with Gasteiger partial charge in [0.05, 0.1) is 5.69 Å². The molecule has 0 aliphatic rings. The third kappa shape index (κ3) is 6.03. The molecule has 22 heavy (non-hydrogen) atoms. The van der Waals surface area contributed by atoms with Crippen LogP contribution in [0.4, 0.5) is 5.69 Å². The van der Waals surface area contributed by atoms with E-state index in [4.69, 9.17) is 10.5 Å². The molecular weight excluding hydrogens is 282 g/mol. The summed E-state index contributed by atoms with van der Waals surface area (Å²) in [4.78, 5) is 23.7. The molecule has 0 saturated heterocycles. The van der Waals surface area contributed by atoms with E-state index in [1.54, 1.807) is 18.2 Å². The van der Waals surface area contributed by atoms with Gasteiger partial charge in [-0.2, -0.15) is 0 Å². The largest absolute Gasteiger partial charge is 0.482 e. The van der Waals surface area contributed by atoms with Crippen molar-refractivity contribution in [2.45, 2.75) is 39.7 Å². The van der Waals surface area contributed by atoms with E-state index in [1.807, 2.05) is 27.7 Å². The van der Waals surface area contributed by atoms with Gasteiger partial charge in [0.15, 0.2) is 6.61 Å². The molecule has 1 rings (SSSR count). The summed E-state index contributed by atoms with van der Waals surface area (Å²) in [6, 6.07) is 4.76. The Bertz CT molecular complexity index is 536. The van der Waals surface area contributed by atoms with Crippen LogP contribution in [0.25, 0.3) is 0 Å². The molecule has 122 valence electrons. The molecule has 0 radical (unpaired) electrons. The van der Waals surface area contributed by atoms with Gasteiger partial charge in [0, 0.05) is 17.6 Å². The van der Waals surface area contributed by atoms with Gasteiger partial charge in [-0.1, -0.05) is 6.92 Å². The monoisotopic (exact) mass is 307 g/mol. The maximum Gasteiger partial charge on any atom is 0.257 e. The van der Waals surface area contributed by atoms with E-state index in [1.165, 1.54) is 0 Å². The minimum absolute atomic E-state index is 0.130. The van der Waals surface area contributed by atoms with E-state index in [0.717, 1.165) is 6.42 Å². The van der Waals surface area contributed by atoms with Crippen molar-refractivity contribution in [1.82, 2.24) is 10.6 Å². The fourth-order valence-electron chi connectivity index (χ4n) is 1.67. The molecular formula is C16H25N3O3. The molecule has 2 amide bonds. The zero-order valence-corrected chi connectivity index (χ0v) is 13.7. The van der Waals surface area contributed by atoms with Crippen molar-refractivity contribution in [1.29, 1.82) is 0 Å². The van der Waals surface area contributed by atoms with E-state index in [-0.39, 0.29) is 24.0 Å². The normalized spacial score (nSPS) is 10.9. The summed E-state index contributed by atoms with van der Waals surface area (Å²) < 4.78 is 5.40. The van der Waals surface area contributed by atoms with Crippen LogP contribution in [0.2, 0.25) is 0 Å². The van der Waals surface area contributed by atoms with Gasteiger partial charge in [-0.15, -0.1) is 0 Å². The van der Waals surface area contributed by atoms with Crippen molar-refractivity contribution in [3.63, 3.8) is 0 Å². The second kappa shape index (κ2) is 7.68. The zero-order chi connectivity index (χ0) is 16.8. The van der Waals surface area contributed by atoms with Crippen molar-refractivity contribution in [2.75, 3.05) is 18.9 Å². The summed E-state index contributed by atoms with van der Waals surface area (Å²) in [5.41, 5.74) is 6.30. The van der Waals surface area contributed by atoms with E-state index in [0.29, 0.717) is 23.5 Å². The number of hydrogen-bond donors (Lipinski definition) is 3. The molecule has 1 aromatic rings. The second-order valence-corrected chi connectivity index (χ2v) is 6.10. The Kier molecular flexibility index (Phi) is 6.22. The third-order valence-electron chi connectivity index (χ3n) is 2.70. The van der Waals surface area contributed by atoms with Crippen LogP contribution in [0.5, 0.6) is 5.75 Å². The smallest absolute Gasteiger partial charge is 0.257 e. The number of carbonyl (C=O) groups is 2. The minimum atomic E-state index is -0.334. The average molecular weight is 307 g/mol. The van der Waals surface area contributed by atoms with Crippen molar-refractivity contribution in [2.24, 2.45) is 0 Å². The van der Waals surface area contributed by atoms with Gasteiger partial charge in [0.25, 0.3) is 11.8 Å². The Morgan fingerprint density at radius 3 is 2.55 bits per heavy atom. The van der Waals surface area contributed by atoms with E-state index < -0.39 is 0 Å². The minimum Gasteiger partial charge on any atom is -0.482 e. The maximum atomic E-state index is 12.1. The fraction of sp³-hybridized carbons (Fsp3) is 0.500. The topological polar surface area (TPSA) is 93.4 Å². The molecule has 0 aliphatic carbocycles. The van der Waals surface area contributed by atoms with Crippen molar-refractivity contribution in [3.05, 3.63) is 23.8 Å². The molecule has 0 spiro atoms. The van der Waals surface area contributed by atoms with Gasteiger partial charge in [-0.05, 0) is 45.4 Å². The van der Waals surface area contributed by atoms with Crippen LogP contribution < -0.4 is 21.1 Å². The molecule has 0 heterocycles. The van der Waals surface area contributed by atoms with Gasteiger partial charge in [-0.25, -0.2) is 0 Å². The molecule has 0 aromatic heterocycles. The number of ether oxygens (including phenoxy) is 1. The first-order valence-electron chi connectivity index (χ1n) is 7.34. The molecule has 6 heteroatoms. The van der Waals surface area contributed by atoms with Gasteiger partial charge in [-0.3, -0.25) is 9.59 Å². The predicted octanol–water partition coefficient (Wildman–Crippen LogP) is 1.70. The standard InChI is InChI=1S/C16H25N3O3/c1-5-8-18-14(20)10-22-13-9-11(6-7-12(13)17)15(21)19-16(2,3)4/h6-7,9H,5,8,10,17H2,1-4H3,(H,18,20)(H,19,21). The number of nitrogens with two attached hydrogens (primary N) is 1. The van der Waals surface area contributed by atoms with E-state index in [9.17, 15) is 9.59 Å². The van der Waals surface area contributed by atoms with E-state index >= 15 is 0 Å². The molecule has 0 bridgehead atoms. The Labute approximate surface area is 131 Å². The highest BCUT2D eigenvalue weighted by Crippen LogP contribution is 2.23. The number of amides is 2. The van der Waals surface area contributed by atoms with Crippen LogP contribution in [0.3, 0.4) is 0 Å². The number of benzene rings is 1. The van der Waals surface area contributed by atoms with Crippen LogP contribution in [0.1, 0.15) is 44.5 Å². The van der Waals surface area contributed by atoms with Gasteiger partial charge in [0.1, 0.15) is 5.75 Å². The Balaban J connectivity index is 2.74. The highest BCUT2D eigenvalue weighted by molar-refractivity contribution is 5.95. The molecule has 0 fully saturated rings. The molecule has 1 aromatic carbocycles. The summed E-state index contributed by atoms with van der Waals surface area (Å²) >= 11 is 0. The molecule has 0 atom stereocenters. The Morgan fingerprint density at radius 1 is 1.27 bits per heavy atom. The first-order valence-corrected chi connectivity index (χ1v) is 7.34. The van der Waals surface area contributed by atoms with E-state index in [2.05, 4.69) is 10.6 Å². The number of hydrogen-bond acceptors (Lipinski definition) is 4.